The van der Waals surface area contributed by atoms with Crippen molar-refractivity contribution in [3.63, 3.8) is 0 Å². The summed E-state index contributed by atoms with van der Waals surface area (Å²) in [6, 6.07) is 0. The number of aromatic nitrogens is 1. The van der Waals surface area contributed by atoms with Gasteiger partial charge in [0.05, 0.1) is 13.3 Å². The average Bonchev–Trinajstić information content (AvgIpc) is 2.18. The van der Waals surface area contributed by atoms with E-state index in [4.69, 9.17) is 4.74 Å². The lowest BCUT2D eigenvalue weighted by molar-refractivity contribution is 0.409. The molecule has 2 nitrogen and oxygen atoms in total. The van der Waals surface area contributed by atoms with E-state index in [1.165, 1.54) is 0 Å². The van der Waals surface area contributed by atoms with Gasteiger partial charge in [0.2, 0.25) is 0 Å². The third kappa shape index (κ3) is 1.96. The number of rotatable bonds is 2. The van der Waals surface area contributed by atoms with Crippen molar-refractivity contribution < 1.29 is 4.74 Å². The second kappa shape index (κ2) is 4.45. The van der Waals surface area contributed by atoms with Gasteiger partial charge in [0.1, 0.15) is 5.75 Å². The Labute approximate surface area is 77.9 Å². The van der Waals surface area contributed by atoms with Crippen LogP contribution in [0, 0.1) is 0 Å². The van der Waals surface area contributed by atoms with E-state index in [2.05, 4.69) is 11.6 Å². The highest BCUT2D eigenvalue weighted by atomic mass is 16.5. The molecule has 1 aromatic heterocycles. The van der Waals surface area contributed by atoms with Gasteiger partial charge in [0.15, 0.2) is 0 Å². The van der Waals surface area contributed by atoms with Crippen LogP contribution in [0.3, 0.4) is 0 Å². The zero-order chi connectivity index (χ0) is 9.68. The van der Waals surface area contributed by atoms with Gasteiger partial charge < -0.3 is 4.74 Å². The number of hydrogen-bond acceptors (Lipinski definition) is 2. The van der Waals surface area contributed by atoms with E-state index in [1.807, 2.05) is 19.1 Å². The molecule has 0 spiro atoms. The smallest absolute Gasteiger partial charge is 0.144 e. The normalized spacial score (nSPS) is 13.1. The lowest BCUT2D eigenvalue weighted by Crippen LogP contribution is -2.26. The minimum Gasteiger partial charge on any atom is -0.494 e. The molecule has 1 heterocycles. The van der Waals surface area contributed by atoms with Crippen molar-refractivity contribution in [2.45, 2.75) is 6.92 Å². The monoisotopic (exact) mass is 175 g/mol. The Kier molecular flexibility index (Phi) is 3.26. The van der Waals surface area contributed by atoms with Crippen LogP contribution in [0.1, 0.15) is 6.92 Å². The Hall–Kier alpha value is -1.57. The molecule has 1 aromatic rings. The topological polar surface area (TPSA) is 22.1 Å². The molecule has 0 aromatic carbocycles. The summed E-state index contributed by atoms with van der Waals surface area (Å²) >= 11 is 0. The molecule has 0 unspecified atom stereocenters. The summed E-state index contributed by atoms with van der Waals surface area (Å²) < 4.78 is 5.18. The standard InChI is InChI=1S/C11H13NO/c1-4-6-10-9(5-2)7-12-8-11(10)13-3/h4-8H,1H2,2-3H3/b9-5-,10-6+. The Bertz CT molecular complexity index is 407. The van der Waals surface area contributed by atoms with E-state index >= 15 is 0 Å². The Morgan fingerprint density at radius 3 is 2.77 bits per heavy atom. The fourth-order valence-electron chi connectivity index (χ4n) is 1.16. The molecular formula is C11H13NO. The van der Waals surface area contributed by atoms with Crippen LogP contribution in [0.4, 0.5) is 0 Å². The SMILES string of the molecule is C=C/C=c1/c(OC)cnc/c1=C/C. The third-order valence-corrected chi connectivity index (χ3v) is 1.80. The van der Waals surface area contributed by atoms with Gasteiger partial charge in [-0.1, -0.05) is 24.8 Å². The molecule has 2 heteroatoms. The van der Waals surface area contributed by atoms with Gasteiger partial charge >= 0.3 is 0 Å². The van der Waals surface area contributed by atoms with Gasteiger partial charge in [-0.25, -0.2) is 0 Å². The van der Waals surface area contributed by atoms with Crippen molar-refractivity contribution in [1.82, 2.24) is 4.98 Å². The maximum Gasteiger partial charge on any atom is 0.144 e. The van der Waals surface area contributed by atoms with Gasteiger partial charge in [-0.15, -0.1) is 0 Å². The second-order valence-electron chi connectivity index (χ2n) is 2.54. The summed E-state index contributed by atoms with van der Waals surface area (Å²) in [5, 5.41) is 2.08. The average molecular weight is 175 g/mol. The van der Waals surface area contributed by atoms with Gasteiger partial charge in [0, 0.05) is 11.4 Å². The molecule has 0 amide bonds. The van der Waals surface area contributed by atoms with Crippen LogP contribution in [-0.4, -0.2) is 12.1 Å². The Morgan fingerprint density at radius 1 is 1.46 bits per heavy atom. The predicted molar refractivity (Wildman–Crippen MR) is 54.8 cm³/mol. The van der Waals surface area contributed by atoms with Crippen molar-refractivity contribution in [2.75, 3.05) is 7.11 Å². The van der Waals surface area contributed by atoms with Gasteiger partial charge in [-0.2, -0.15) is 0 Å². The third-order valence-electron chi connectivity index (χ3n) is 1.80. The summed E-state index contributed by atoms with van der Waals surface area (Å²) in [5.74, 6) is 0.774. The van der Waals surface area contributed by atoms with E-state index in [0.29, 0.717) is 0 Å². The lowest BCUT2D eigenvalue weighted by Gasteiger charge is -1.99. The zero-order valence-corrected chi connectivity index (χ0v) is 7.95. The van der Waals surface area contributed by atoms with Crippen LogP contribution in [0.15, 0.2) is 25.0 Å². The molecule has 0 saturated heterocycles. The molecule has 0 fully saturated rings. The number of ether oxygens (including phenoxy) is 1. The van der Waals surface area contributed by atoms with Crippen LogP contribution >= 0.6 is 0 Å². The van der Waals surface area contributed by atoms with Crippen LogP contribution in [0.5, 0.6) is 5.75 Å². The quantitative estimate of drug-likeness (QED) is 0.665. The van der Waals surface area contributed by atoms with E-state index in [9.17, 15) is 0 Å². The molecule has 0 aliphatic heterocycles. The number of nitrogens with zero attached hydrogens (tertiary/aromatic N) is 1. The van der Waals surface area contributed by atoms with E-state index in [-0.39, 0.29) is 0 Å². The van der Waals surface area contributed by atoms with Crippen molar-refractivity contribution in [3.05, 3.63) is 35.5 Å². The van der Waals surface area contributed by atoms with Crippen molar-refractivity contribution >= 4 is 12.2 Å². The molecule has 0 aliphatic rings. The van der Waals surface area contributed by atoms with Crippen LogP contribution in [0.2, 0.25) is 0 Å². The zero-order valence-electron chi connectivity index (χ0n) is 7.95. The van der Waals surface area contributed by atoms with E-state index < -0.39 is 0 Å². The van der Waals surface area contributed by atoms with Crippen molar-refractivity contribution in [2.24, 2.45) is 0 Å². The fraction of sp³-hybridized carbons (Fsp3) is 0.182. The molecule has 0 saturated carbocycles. The summed E-state index contributed by atoms with van der Waals surface area (Å²) in [6.07, 6.45) is 9.14. The summed E-state index contributed by atoms with van der Waals surface area (Å²) in [7, 11) is 1.64. The number of allylic oxidation sites excluding steroid dienone is 1. The highest BCUT2D eigenvalue weighted by Gasteiger charge is 1.93. The molecular weight excluding hydrogens is 162 g/mol. The summed E-state index contributed by atoms with van der Waals surface area (Å²) in [6.45, 7) is 5.63. The molecule has 0 atom stereocenters. The molecule has 0 bridgehead atoms. The maximum absolute atomic E-state index is 5.18. The van der Waals surface area contributed by atoms with Crippen molar-refractivity contribution in [1.29, 1.82) is 0 Å². The summed E-state index contributed by atoms with van der Waals surface area (Å²) in [5.41, 5.74) is 0. The molecule has 1 rings (SSSR count). The van der Waals surface area contributed by atoms with Crippen LogP contribution in [-0.2, 0) is 0 Å². The minimum atomic E-state index is 0.774. The van der Waals surface area contributed by atoms with Gasteiger partial charge in [-0.3, -0.25) is 4.98 Å². The number of hydrogen-bond donors (Lipinski definition) is 0. The van der Waals surface area contributed by atoms with Crippen LogP contribution in [0.25, 0.3) is 12.2 Å². The highest BCUT2D eigenvalue weighted by molar-refractivity contribution is 5.42. The van der Waals surface area contributed by atoms with Gasteiger partial charge in [0.25, 0.3) is 0 Å². The molecule has 13 heavy (non-hydrogen) atoms. The predicted octanol–water partition coefficient (Wildman–Crippen LogP) is 0.857. The highest BCUT2D eigenvalue weighted by Crippen LogP contribution is 1.94. The Morgan fingerprint density at radius 2 is 2.23 bits per heavy atom. The number of pyridine rings is 1. The first-order valence-corrected chi connectivity index (χ1v) is 4.10. The molecule has 68 valence electrons. The molecule has 0 N–H and O–H groups in total. The second-order valence-corrected chi connectivity index (χ2v) is 2.54. The largest absolute Gasteiger partial charge is 0.494 e. The first kappa shape index (κ1) is 9.52. The van der Waals surface area contributed by atoms with Crippen LogP contribution < -0.4 is 15.2 Å². The van der Waals surface area contributed by atoms with E-state index in [0.717, 1.165) is 16.2 Å². The number of methoxy groups -OCH3 is 1. The minimum absolute atomic E-state index is 0.774. The Balaban J connectivity index is 3.58. The fourth-order valence-corrected chi connectivity index (χ4v) is 1.16. The lowest BCUT2D eigenvalue weighted by atomic mass is 10.2. The van der Waals surface area contributed by atoms with Crippen molar-refractivity contribution in [3.8, 4) is 5.75 Å². The first-order chi connectivity index (χ1) is 6.33. The van der Waals surface area contributed by atoms with Gasteiger partial charge in [-0.05, 0) is 12.1 Å². The maximum atomic E-state index is 5.18. The first-order valence-electron chi connectivity index (χ1n) is 4.10. The molecule has 0 aliphatic carbocycles. The summed E-state index contributed by atoms with van der Waals surface area (Å²) in [4.78, 5) is 4.06. The van der Waals surface area contributed by atoms with E-state index in [1.54, 1.807) is 25.6 Å². The molecule has 0 radical (unpaired) electrons.